The van der Waals surface area contributed by atoms with Crippen molar-refractivity contribution in [2.24, 2.45) is 0 Å². The van der Waals surface area contributed by atoms with Gasteiger partial charge < -0.3 is 4.57 Å². The summed E-state index contributed by atoms with van der Waals surface area (Å²) in [6.07, 6.45) is 2.47. The molecule has 0 aliphatic carbocycles. The van der Waals surface area contributed by atoms with E-state index in [9.17, 15) is 14.0 Å². The third-order valence-electron chi connectivity index (χ3n) is 4.53. The molecule has 0 fully saturated rings. The number of hydrogen-bond acceptors (Lipinski definition) is 3. The molecule has 6 nitrogen and oxygen atoms in total. The summed E-state index contributed by atoms with van der Waals surface area (Å²) in [5.74, 6) is -0.706. The van der Waals surface area contributed by atoms with Crippen LogP contribution in [0.25, 0.3) is 11.0 Å². The molecule has 152 valence electrons. The highest BCUT2D eigenvalue weighted by Gasteiger charge is 2.15. The van der Waals surface area contributed by atoms with Crippen molar-refractivity contribution in [3.63, 3.8) is 0 Å². The number of hydrogen-bond donors (Lipinski definition) is 2. The van der Waals surface area contributed by atoms with Crippen molar-refractivity contribution < 1.29 is 14.0 Å². The molecule has 29 heavy (non-hydrogen) atoms. The summed E-state index contributed by atoms with van der Waals surface area (Å²) in [5.41, 5.74) is 6.46. The van der Waals surface area contributed by atoms with Gasteiger partial charge in [-0.2, -0.15) is 0 Å². The van der Waals surface area contributed by atoms with Gasteiger partial charge in [0.2, 0.25) is 5.91 Å². The van der Waals surface area contributed by atoms with Crippen LogP contribution in [0.1, 0.15) is 31.2 Å². The molecule has 2 amide bonds. The zero-order valence-corrected chi connectivity index (χ0v) is 16.8. The number of carbonyl (C=O) groups excluding carboxylic acids is 2. The summed E-state index contributed by atoms with van der Waals surface area (Å²) in [4.78, 5) is 29.1. The summed E-state index contributed by atoms with van der Waals surface area (Å²) < 4.78 is 15.6. The van der Waals surface area contributed by atoms with E-state index in [1.54, 1.807) is 0 Å². The molecule has 3 aromatic rings. The fourth-order valence-corrected chi connectivity index (χ4v) is 3.29. The van der Waals surface area contributed by atoms with Gasteiger partial charge in [0.1, 0.15) is 18.2 Å². The first-order valence-electron chi connectivity index (χ1n) is 9.44. The van der Waals surface area contributed by atoms with Gasteiger partial charge in [0.05, 0.1) is 17.5 Å². The smallest absolute Gasteiger partial charge is 0.258 e. The maximum Gasteiger partial charge on any atom is 0.258 e. The van der Waals surface area contributed by atoms with Gasteiger partial charge in [0.15, 0.2) is 0 Å². The van der Waals surface area contributed by atoms with Crippen LogP contribution in [0.5, 0.6) is 0 Å². The molecule has 0 spiro atoms. The molecule has 0 saturated heterocycles. The Labute approximate surface area is 173 Å². The Bertz CT molecular complexity index is 1010. The van der Waals surface area contributed by atoms with E-state index in [4.69, 9.17) is 11.6 Å². The van der Waals surface area contributed by atoms with E-state index in [0.29, 0.717) is 0 Å². The van der Waals surface area contributed by atoms with Gasteiger partial charge >= 0.3 is 0 Å². The minimum atomic E-state index is -0.565. The molecule has 0 radical (unpaired) electrons. The summed E-state index contributed by atoms with van der Waals surface area (Å²) in [6, 6.07) is 11.8. The number of aryl methyl sites for hydroxylation is 1. The fourth-order valence-electron chi connectivity index (χ4n) is 3.06. The third kappa shape index (κ3) is 5.12. The van der Waals surface area contributed by atoms with Crippen molar-refractivity contribution in [2.75, 3.05) is 0 Å². The van der Waals surface area contributed by atoms with Gasteiger partial charge in [-0.25, -0.2) is 9.37 Å². The molecule has 3 rings (SSSR count). The van der Waals surface area contributed by atoms with E-state index in [1.807, 2.05) is 28.8 Å². The Morgan fingerprint density at radius 2 is 1.86 bits per heavy atom. The first-order valence-corrected chi connectivity index (χ1v) is 9.82. The minimum Gasteiger partial charge on any atom is -0.318 e. The summed E-state index contributed by atoms with van der Waals surface area (Å²) >= 11 is 5.93. The second kappa shape index (κ2) is 9.52. The van der Waals surface area contributed by atoms with Crippen molar-refractivity contribution in [1.29, 1.82) is 0 Å². The summed E-state index contributed by atoms with van der Waals surface area (Å²) in [7, 11) is 0. The minimum absolute atomic E-state index is 0.0142. The van der Waals surface area contributed by atoms with Crippen LogP contribution in [0, 0.1) is 5.82 Å². The number of benzene rings is 2. The molecule has 2 N–H and O–H groups in total. The van der Waals surface area contributed by atoms with Gasteiger partial charge in [-0.1, -0.05) is 43.1 Å². The van der Waals surface area contributed by atoms with E-state index >= 15 is 0 Å². The SMILES string of the molecule is CCCCc1nc2ccccc2n1CC(=O)NNC(=O)Cc1c(F)cccc1Cl. The highest BCUT2D eigenvalue weighted by molar-refractivity contribution is 6.31. The predicted molar refractivity (Wildman–Crippen MR) is 110 cm³/mol. The van der Waals surface area contributed by atoms with Gasteiger partial charge in [-0.15, -0.1) is 0 Å². The Kier molecular flexibility index (Phi) is 6.82. The van der Waals surface area contributed by atoms with E-state index in [2.05, 4.69) is 22.8 Å². The molecule has 1 aromatic heterocycles. The molecule has 8 heteroatoms. The number of nitrogens with one attached hydrogen (secondary N) is 2. The number of halogens is 2. The van der Waals surface area contributed by atoms with Crippen LogP contribution in [0.2, 0.25) is 5.02 Å². The van der Waals surface area contributed by atoms with Gasteiger partial charge in [0, 0.05) is 17.0 Å². The number of hydrazine groups is 1. The van der Waals surface area contributed by atoms with Crippen molar-refractivity contribution in [2.45, 2.75) is 39.2 Å². The number of unbranched alkanes of at least 4 members (excludes halogenated alkanes) is 1. The molecule has 0 saturated carbocycles. The van der Waals surface area contributed by atoms with Crippen molar-refractivity contribution in [3.8, 4) is 0 Å². The lowest BCUT2D eigenvalue weighted by atomic mass is 10.1. The number of rotatable bonds is 7. The standard InChI is InChI=1S/C21H22ClFN4O2/c1-2-3-11-19-24-17-9-4-5-10-18(17)27(19)13-21(29)26-25-20(28)12-14-15(22)7-6-8-16(14)23/h4-10H,2-3,11-13H2,1H3,(H,25,28)(H,26,29). The average Bonchev–Trinajstić information content (AvgIpc) is 3.05. The summed E-state index contributed by atoms with van der Waals surface area (Å²) in [5, 5.41) is 0.164. The summed E-state index contributed by atoms with van der Waals surface area (Å²) in [6.45, 7) is 2.11. The normalized spacial score (nSPS) is 10.9. The molecular formula is C21H22ClFN4O2. The number of carbonyl (C=O) groups is 2. The largest absolute Gasteiger partial charge is 0.318 e. The lowest BCUT2D eigenvalue weighted by Crippen LogP contribution is -2.44. The lowest BCUT2D eigenvalue weighted by Gasteiger charge is -2.11. The maximum absolute atomic E-state index is 13.8. The molecule has 0 atom stereocenters. The van der Waals surface area contributed by atoms with Gasteiger partial charge in [-0.3, -0.25) is 20.4 Å². The van der Waals surface area contributed by atoms with Crippen LogP contribution >= 0.6 is 11.6 Å². The fraction of sp³-hybridized carbons (Fsp3) is 0.286. The molecule has 1 heterocycles. The molecule has 0 aliphatic rings. The highest BCUT2D eigenvalue weighted by atomic mass is 35.5. The third-order valence-corrected chi connectivity index (χ3v) is 4.88. The lowest BCUT2D eigenvalue weighted by molar-refractivity contribution is -0.128. The van der Waals surface area contributed by atoms with E-state index in [0.717, 1.165) is 36.1 Å². The number of fused-ring (bicyclic) bond motifs is 1. The first-order chi connectivity index (χ1) is 14.0. The Morgan fingerprint density at radius 3 is 2.62 bits per heavy atom. The molecular weight excluding hydrogens is 395 g/mol. The topological polar surface area (TPSA) is 76.0 Å². The number of imidazole rings is 1. The second-order valence-electron chi connectivity index (χ2n) is 6.68. The number of aromatic nitrogens is 2. The molecule has 2 aromatic carbocycles. The average molecular weight is 417 g/mol. The van der Waals surface area contributed by atoms with Crippen LogP contribution in [0.3, 0.4) is 0 Å². The van der Waals surface area contributed by atoms with Crippen molar-refractivity contribution in [3.05, 3.63) is 64.7 Å². The first kappa shape index (κ1) is 20.8. The van der Waals surface area contributed by atoms with Crippen LogP contribution in [0.15, 0.2) is 42.5 Å². The zero-order chi connectivity index (χ0) is 20.8. The zero-order valence-electron chi connectivity index (χ0n) is 16.0. The molecule has 0 aliphatic heterocycles. The monoisotopic (exact) mass is 416 g/mol. The van der Waals surface area contributed by atoms with E-state index in [1.165, 1.54) is 18.2 Å². The number of para-hydroxylation sites is 2. The molecule has 0 unspecified atom stereocenters. The van der Waals surface area contributed by atoms with E-state index < -0.39 is 17.6 Å². The Balaban J connectivity index is 1.64. The van der Waals surface area contributed by atoms with Crippen molar-refractivity contribution >= 4 is 34.4 Å². The van der Waals surface area contributed by atoms with E-state index in [-0.39, 0.29) is 23.6 Å². The Hall–Kier alpha value is -2.93. The highest BCUT2D eigenvalue weighted by Crippen LogP contribution is 2.19. The van der Waals surface area contributed by atoms with Crippen LogP contribution in [-0.4, -0.2) is 21.4 Å². The van der Waals surface area contributed by atoms with Crippen molar-refractivity contribution in [1.82, 2.24) is 20.4 Å². The predicted octanol–water partition coefficient (Wildman–Crippen LogP) is 3.56. The second-order valence-corrected chi connectivity index (χ2v) is 7.09. The Morgan fingerprint density at radius 1 is 1.10 bits per heavy atom. The van der Waals surface area contributed by atoms with Gasteiger partial charge in [-0.05, 0) is 30.7 Å². The quantitative estimate of drug-likeness (QED) is 0.578. The maximum atomic E-state index is 13.8. The molecule has 0 bridgehead atoms. The van der Waals surface area contributed by atoms with Crippen LogP contribution in [-0.2, 0) is 29.0 Å². The van der Waals surface area contributed by atoms with Gasteiger partial charge in [0.25, 0.3) is 5.91 Å². The van der Waals surface area contributed by atoms with Crippen LogP contribution in [0.4, 0.5) is 4.39 Å². The van der Waals surface area contributed by atoms with Crippen LogP contribution < -0.4 is 10.9 Å². The number of amides is 2. The number of nitrogens with zero attached hydrogens (tertiary/aromatic N) is 2.